The van der Waals surface area contributed by atoms with Gasteiger partial charge in [0.05, 0.1) is 13.3 Å². The van der Waals surface area contributed by atoms with Crippen molar-refractivity contribution in [3.8, 4) is 11.1 Å². The summed E-state index contributed by atoms with van der Waals surface area (Å²) in [5, 5.41) is 2.52. The van der Waals surface area contributed by atoms with Crippen LogP contribution in [-0.4, -0.2) is 13.3 Å². The molecule has 190 valence electrons. The zero-order valence-corrected chi connectivity index (χ0v) is 22.4. The largest absolute Gasteiger partial charge is 0.251 e. The van der Waals surface area contributed by atoms with Gasteiger partial charge in [-0.1, -0.05) is 101 Å². The lowest BCUT2D eigenvalue weighted by atomic mass is 9.66. The van der Waals surface area contributed by atoms with Crippen LogP contribution in [0.2, 0.25) is 0 Å². The summed E-state index contributed by atoms with van der Waals surface area (Å²) in [5.74, 6) is 0. The molecule has 0 aromatic heterocycles. The minimum absolute atomic E-state index is 0.102. The van der Waals surface area contributed by atoms with Gasteiger partial charge in [-0.15, -0.1) is 0 Å². The number of hydrogen-bond donors (Lipinski definition) is 0. The standard InChI is InChI=1S/C35H36F2/c1-33(2)17-7-12-28-27(22-33)25-14-15-26-30-24-11-6-5-10-23(24)13-16-29(30)34(3,4)31(26)32(25)35(28,18-8-20-36)19-9-21-37/h5-7,10-17,22H,8-9,18-21H2,1-4H3. The summed E-state index contributed by atoms with van der Waals surface area (Å²) in [4.78, 5) is 0. The van der Waals surface area contributed by atoms with Gasteiger partial charge in [-0.25, -0.2) is 0 Å². The van der Waals surface area contributed by atoms with Crippen LogP contribution in [0, 0.1) is 5.41 Å². The summed E-state index contributed by atoms with van der Waals surface area (Å²) < 4.78 is 27.7. The van der Waals surface area contributed by atoms with E-state index in [-0.39, 0.29) is 24.2 Å². The molecule has 0 radical (unpaired) electrons. The van der Waals surface area contributed by atoms with Crippen molar-refractivity contribution in [2.45, 2.75) is 64.2 Å². The minimum atomic E-state index is -0.398. The van der Waals surface area contributed by atoms with Crippen molar-refractivity contribution < 1.29 is 8.78 Å². The average molecular weight is 495 g/mol. The number of hydrogen-bond acceptors (Lipinski definition) is 0. The average Bonchev–Trinajstić information content (AvgIpc) is 3.18. The zero-order valence-electron chi connectivity index (χ0n) is 22.4. The minimum Gasteiger partial charge on any atom is -0.251 e. The normalized spacial score (nSPS) is 19.5. The Balaban J connectivity index is 1.73. The van der Waals surface area contributed by atoms with Gasteiger partial charge in [-0.2, -0.15) is 0 Å². The van der Waals surface area contributed by atoms with E-state index < -0.39 is 5.41 Å². The van der Waals surface area contributed by atoms with Gasteiger partial charge in [0.15, 0.2) is 0 Å². The van der Waals surface area contributed by atoms with Crippen LogP contribution in [0.1, 0.15) is 75.6 Å². The second-order valence-electron chi connectivity index (χ2n) is 12.2. The molecule has 0 fully saturated rings. The lowest BCUT2D eigenvalue weighted by Gasteiger charge is -2.36. The molecule has 0 saturated carbocycles. The molecule has 0 saturated heterocycles. The molecule has 0 atom stereocenters. The summed E-state index contributed by atoms with van der Waals surface area (Å²) in [6.07, 6.45) is 11.4. The monoisotopic (exact) mass is 494 g/mol. The Morgan fingerprint density at radius 2 is 1.46 bits per heavy atom. The zero-order chi connectivity index (χ0) is 26.0. The van der Waals surface area contributed by atoms with Gasteiger partial charge in [0, 0.05) is 16.2 Å². The molecule has 0 aliphatic heterocycles. The molecular formula is C35H36F2. The molecule has 3 aromatic rings. The number of alkyl halides is 2. The smallest absolute Gasteiger partial charge is 0.0894 e. The summed E-state index contributed by atoms with van der Waals surface area (Å²) in [7, 11) is 0. The van der Waals surface area contributed by atoms with E-state index in [9.17, 15) is 8.78 Å². The van der Waals surface area contributed by atoms with Crippen LogP contribution >= 0.6 is 0 Å². The molecule has 2 heteroatoms. The highest BCUT2D eigenvalue weighted by Gasteiger charge is 2.51. The second-order valence-corrected chi connectivity index (χ2v) is 12.2. The molecule has 3 aliphatic carbocycles. The Bertz CT molecular complexity index is 1490. The van der Waals surface area contributed by atoms with E-state index >= 15 is 0 Å². The number of allylic oxidation sites excluding steroid dienone is 6. The topological polar surface area (TPSA) is 0 Å². The van der Waals surface area contributed by atoms with E-state index in [0.29, 0.717) is 25.7 Å². The predicted molar refractivity (Wildman–Crippen MR) is 153 cm³/mol. The summed E-state index contributed by atoms with van der Waals surface area (Å²) in [6.45, 7) is 8.42. The number of rotatable bonds is 6. The molecule has 3 aromatic carbocycles. The first-order valence-corrected chi connectivity index (χ1v) is 13.7. The molecule has 0 unspecified atom stereocenters. The van der Waals surface area contributed by atoms with E-state index in [2.05, 4.69) is 101 Å². The van der Waals surface area contributed by atoms with Crippen molar-refractivity contribution in [3.05, 3.63) is 101 Å². The fourth-order valence-electron chi connectivity index (χ4n) is 7.54. The molecule has 0 heterocycles. The van der Waals surface area contributed by atoms with Gasteiger partial charge in [-0.05, 0) is 81.0 Å². The van der Waals surface area contributed by atoms with Crippen molar-refractivity contribution in [2.24, 2.45) is 5.41 Å². The van der Waals surface area contributed by atoms with Gasteiger partial charge in [-0.3, -0.25) is 8.78 Å². The van der Waals surface area contributed by atoms with Gasteiger partial charge in [0.2, 0.25) is 0 Å². The summed E-state index contributed by atoms with van der Waals surface area (Å²) in [5.41, 5.74) is 9.66. The van der Waals surface area contributed by atoms with Crippen LogP contribution in [0.4, 0.5) is 8.78 Å². The highest BCUT2D eigenvalue weighted by atomic mass is 19.1. The van der Waals surface area contributed by atoms with Crippen molar-refractivity contribution in [1.82, 2.24) is 0 Å². The maximum absolute atomic E-state index is 13.8. The first-order chi connectivity index (χ1) is 17.7. The molecule has 0 amide bonds. The van der Waals surface area contributed by atoms with Crippen LogP contribution in [0.5, 0.6) is 0 Å². The Kier molecular flexibility index (Phi) is 5.60. The van der Waals surface area contributed by atoms with Crippen molar-refractivity contribution >= 4 is 16.3 Å². The fraction of sp³-hybridized carbons (Fsp3) is 0.371. The molecule has 0 N–H and O–H groups in total. The predicted octanol–water partition coefficient (Wildman–Crippen LogP) is 9.80. The SMILES string of the molecule is CC1(C)C=CC=C2C(=C1)c1ccc3c(c1C2(CCCF)CCCF)C(C)(C)c1ccc2ccccc2c1-3. The molecule has 0 bridgehead atoms. The fourth-order valence-corrected chi connectivity index (χ4v) is 7.54. The molecule has 0 spiro atoms. The Labute approximate surface area is 219 Å². The van der Waals surface area contributed by atoms with Crippen molar-refractivity contribution in [1.29, 1.82) is 0 Å². The lowest BCUT2D eigenvalue weighted by molar-refractivity contribution is 0.350. The van der Waals surface area contributed by atoms with Crippen molar-refractivity contribution in [2.75, 3.05) is 13.3 Å². The van der Waals surface area contributed by atoms with Gasteiger partial charge in [0.1, 0.15) is 0 Å². The van der Waals surface area contributed by atoms with E-state index in [1.54, 1.807) is 0 Å². The lowest BCUT2D eigenvalue weighted by Crippen LogP contribution is -2.30. The highest BCUT2D eigenvalue weighted by Crippen LogP contribution is 2.63. The van der Waals surface area contributed by atoms with Gasteiger partial charge >= 0.3 is 0 Å². The molecule has 37 heavy (non-hydrogen) atoms. The Hall–Kier alpha value is -3.00. The second kappa shape index (κ2) is 8.51. The molecule has 0 nitrogen and oxygen atoms in total. The van der Waals surface area contributed by atoms with Gasteiger partial charge < -0.3 is 0 Å². The van der Waals surface area contributed by atoms with E-state index in [0.717, 1.165) is 0 Å². The molecule has 6 rings (SSSR count). The van der Waals surface area contributed by atoms with E-state index in [4.69, 9.17) is 0 Å². The number of fused-ring (bicyclic) bond motifs is 9. The maximum atomic E-state index is 13.8. The van der Waals surface area contributed by atoms with E-state index in [1.807, 2.05) is 0 Å². The Morgan fingerprint density at radius 1 is 0.757 bits per heavy atom. The molecule has 3 aliphatic rings. The van der Waals surface area contributed by atoms with Crippen LogP contribution in [-0.2, 0) is 10.8 Å². The van der Waals surface area contributed by atoms with Crippen LogP contribution in [0.3, 0.4) is 0 Å². The summed E-state index contributed by atoms with van der Waals surface area (Å²) >= 11 is 0. The third-order valence-corrected chi connectivity index (χ3v) is 9.06. The van der Waals surface area contributed by atoms with Gasteiger partial charge in [0.25, 0.3) is 0 Å². The van der Waals surface area contributed by atoms with Crippen LogP contribution < -0.4 is 0 Å². The first-order valence-electron chi connectivity index (χ1n) is 13.7. The third kappa shape index (κ3) is 3.44. The number of halogens is 2. The number of benzene rings is 3. The maximum Gasteiger partial charge on any atom is 0.0894 e. The molecular weight excluding hydrogens is 458 g/mol. The van der Waals surface area contributed by atoms with Crippen LogP contribution in [0.25, 0.3) is 27.5 Å². The first kappa shape index (κ1) is 24.3. The van der Waals surface area contributed by atoms with Crippen LogP contribution in [0.15, 0.2) is 78.4 Å². The van der Waals surface area contributed by atoms with E-state index in [1.165, 1.54) is 55.3 Å². The summed E-state index contributed by atoms with van der Waals surface area (Å²) in [6, 6.07) is 17.8. The third-order valence-electron chi connectivity index (χ3n) is 9.06. The Morgan fingerprint density at radius 3 is 2.19 bits per heavy atom. The quantitative estimate of drug-likeness (QED) is 0.320. The van der Waals surface area contributed by atoms with Crippen molar-refractivity contribution in [3.63, 3.8) is 0 Å². The highest BCUT2D eigenvalue weighted by molar-refractivity contribution is 6.04.